The molecule has 3 heteroatoms. The summed E-state index contributed by atoms with van der Waals surface area (Å²) in [6, 6.07) is 2.44. The molecule has 16 heavy (non-hydrogen) atoms. The van der Waals surface area contributed by atoms with Crippen LogP contribution in [0, 0.1) is 5.92 Å². The molecule has 88 valence electrons. The molecule has 0 amide bonds. The predicted molar refractivity (Wildman–Crippen MR) is 64.5 cm³/mol. The van der Waals surface area contributed by atoms with Crippen molar-refractivity contribution >= 4 is 0 Å². The van der Waals surface area contributed by atoms with Crippen LogP contribution in [0.2, 0.25) is 0 Å². The first-order valence-electron chi connectivity index (χ1n) is 6.05. The summed E-state index contributed by atoms with van der Waals surface area (Å²) >= 11 is 0. The third-order valence-corrected chi connectivity index (χ3v) is 3.59. The van der Waals surface area contributed by atoms with Crippen LogP contribution in [0.4, 0.5) is 0 Å². The number of pyridine rings is 1. The lowest BCUT2D eigenvalue weighted by atomic mass is 9.90. The summed E-state index contributed by atoms with van der Waals surface area (Å²) in [4.78, 5) is 4.24. The lowest BCUT2D eigenvalue weighted by Crippen LogP contribution is -2.24. The molecule has 1 aromatic heterocycles. The van der Waals surface area contributed by atoms with Crippen LogP contribution in [-0.2, 0) is 0 Å². The van der Waals surface area contributed by atoms with E-state index in [2.05, 4.69) is 18.0 Å². The van der Waals surface area contributed by atoms with Gasteiger partial charge in [-0.3, -0.25) is 4.98 Å². The second-order valence-electron chi connectivity index (χ2n) is 4.59. The zero-order valence-electron chi connectivity index (χ0n) is 10.0. The van der Waals surface area contributed by atoms with Gasteiger partial charge in [0.15, 0.2) is 0 Å². The minimum Gasteiger partial charge on any atom is -0.492 e. The fourth-order valence-corrected chi connectivity index (χ4v) is 2.55. The molecular formula is C13H20N2O. The normalized spacial score (nSPS) is 29.3. The van der Waals surface area contributed by atoms with Crippen molar-refractivity contribution < 1.29 is 4.74 Å². The molecule has 3 nitrogen and oxygen atoms in total. The van der Waals surface area contributed by atoms with Gasteiger partial charge in [0.1, 0.15) is 5.75 Å². The van der Waals surface area contributed by atoms with E-state index in [1.165, 1.54) is 12.0 Å². The first-order chi connectivity index (χ1) is 7.72. The number of hydrogen-bond donors (Lipinski definition) is 1. The van der Waals surface area contributed by atoms with Gasteiger partial charge >= 0.3 is 0 Å². The van der Waals surface area contributed by atoms with Gasteiger partial charge < -0.3 is 10.5 Å². The molecular weight excluding hydrogens is 200 g/mol. The average Bonchev–Trinajstić information content (AvgIpc) is 2.61. The van der Waals surface area contributed by atoms with E-state index in [1.807, 2.05) is 13.1 Å². The molecule has 0 bridgehead atoms. The second-order valence-corrected chi connectivity index (χ2v) is 4.59. The van der Waals surface area contributed by atoms with E-state index in [1.54, 1.807) is 6.20 Å². The Labute approximate surface area is 97.0 Å². The SMILES string of the molecule is CCOc1cncc(C2CCC(N)C2C)c1. The van der Waals surface area contributed by atoms with Gasteiger partial charge in [-0.2, -0.15) is 0 Å². The van der Waals surface area contributed by atoms with E-state index in [0.717, 1.165) is 12.2 Å². The molecule has 2 N–H and O–H groups in total. The molecule has 0 aliphatic heterocycles. The number of hydrogen-bond acceptors (Lipinski definition) is 3. The Morgan fingerprint density at radius 2 is 2.25 bits per heavy atom. The average molecular weight is 220 g/mol. The minimum absolute atomic E-state index is 0.334. The quantitative estimate of drug-likeness (QED) is 0.850. The summed E-state index contributed by atoms with van der Waals surface area (Å²) in [7, 11) is 0. The Morgan fingerprint density at radius 3 is 2.88 bits per heavy atom. The summed E-state index contributed by atoms with van der Waals surface area (Å²) in [6.07, 6.45) is 6.00. The van der Waals surface area contributed by atoms with Gasteiger partial charge in [-0.15, -0.1) is 0 Å². The second kappa shape index (κ2) is 4.83. The van der Waals surface area contributed by atoms with Crippen LogP contribution in [0.3, 0.4) is 0 Å². The summed E-state index contributed by atoms with van der Waals surface area (Å²) < 4.78 is 5.47. The van der Waals surface area contributed by atoms with Crippen molar-refractivity contribution in [3.05, 3.63) is 24.0 Å². The van der Waals surface area contributed by atoms with Gasteiger partial charge in [-0.1, -0.05) is 6.92 Å². The maximum atomic E-state index is 6.05. The first kappa shape index (κ1) is 11.4. The molecule has 1 heterocycles. The molecule has 0 aromatic carbocycles. The first-order valence-corrected chi connectivity index (χ1v) is 6.05. The van der Waals surface area contributed by atoms with Gasteiger partial charge in [0.2, 0.25) is 0 Å². The standard InChI is InChI=1S/C13H20N2O/c1-3-16-11-6-10(7-15-8-11)12-4-5-13(14)9(12)2/h6-9,12-13H,3-5,14H2,1-2H3. The van der Waals surface area contributed by atoms with Gasteiger partial charge in [-0.25, -0.2) is 0 Å². The Hall–Kier alpha value is -1.09. The van der Waals surface area contributed by atoms with Crippen molar-refractivity contribution in [2.24, 2.45) is 11.7 Å². The molecule has 3 atom stereocenters. The van der Waals surface area contributed by atoms with Crippen molar-refractivity contribution in [3.63, 3.8) is 0 Å². The van der Waals surface area contributed by atoms with E-state index >= 15 is 0 Å². The molecule has 1 aromatic rings. The maximum absolute atomic E-state index is 6.05. The van der Waals surface area contributed by atoms with Crippen molar-refractivity contribution in [1.29, 1.82) is 0 Å². The van der Waals surface area contributed by atoms with Crippen LogP contribution in [-0.4, -0.2) is 17.6 Å². The highest BCUT2D eigenvalue weighted by Gasteiger charge is 2.31. The van der Waals surface area contributed by atoms with Crippen molar-refractivity contribution in [2.75, 3.05) is 6.61 Å². The number of rotatable bonds is 3. The largest absolute Gasteiger partial charge is 0.492 e. The topological polar surface area (TPSA) is 48.1 Å². The smallest absolute Gasteiger partial charge is 0.137 e. The highest BCUT2D eigenvalue weighted by Crippen LogP contribution is 2.39. The van der Waals surface area contributed by atoms with E-state index in [9.17, 15) is 0 Å². The molecule has 2 rings (SSSR count). The molecule has 3 unspecified atom stereocenters. The molecule has 1 aliphatic rings. The van der Waals surface area contributed by atoms with Crippen LogP contribution in [0.5, 0.6) is 5.75 Å². The number of aromatic nitrogens is 1. The molecule has 1 fully saturated rings. The Bertz CT molecular complexity index is 354. The molecule has 1 aliphatic carbocycles. The fraction of sp³-hybridized carbons (Fsp3) is 0.615. The lowest BCUT2D eigenvalue weighted by molar-refractivity contribution is 0.337. The van der Waals surface area contributed by atoms with Crippen LogP contribution >= 0.6 is 0 Å². The minimum atomic E-state index is 0.334. The van der Waals surface area contributed by atoms with Gasteiger partial charge in [-0.05, 0) is 43.2 Å². The maximum Gasteiger partial charge on any atom is 0.137 e. The number of nitrogens with two attached hydrogens (primary N) is 1. The number of ether oxygens (including phenoxy) is 1. The Kier molecular flexibility index (Phi) is 3.44. The predicted octanol–water partition coefficient (Wildman–Crippen LogP) is 2.32. The number of nitrogens with zero attached hydrogens (tertiary/aromatic N) is 1. The van der Waals surface area contributed by atoms with Crippen molar-refractivity contribution in [1.82, 2.24) is 4.98 Å². The molecule has 1 saturated carbocycles. The summed E-state index contributed by atoms with van der Waals surface area (Å²) in [5, 5.41) is 0. The monoisotopic (exact) mass is 220 g/mol. The summed E-state index contributed by atoms with van der Waals surface area (Å²) in [5.74, 6) is 1.95. The van der Waals surface area contributed by atoms with Crippen molar-refractivity contribution in [3.8, 4) is 5.75 Å². The zero-order valence-corrected chi connectivity index (χ0v) is 10.0. The summed E-state index contributed by atoms with van der Waals surface area (Å²) in [5.41, 5.74) is 7.32. The van der Waals surface area contributed by atoms with Crippen molar-refractivity contribution in [2.45, 2.75) is 38.6 Å². The summed E-state index contributed by atoms with van der Waals surface area (Å²) in [6.45, 7) is 4.90. The third kappa shape index (κ3) is 2.19. The van der Waals surface area contributed by atoms with Crippen LogP contribution < -0.4 is 10.5 Å². The highest BCUT2D eigenvalue weighted by molar-refractivity contribution is 5.28. The fourth-order valence-electron chi connectivity index (χ4n) is 2.55. The van der Waals surface area contributed by atoms with Crippen LogP contribution in [0.1, 0.15) is 38.2 Å². The Balaban J connectivity index is 2.17. The van der Waals surface area contributed by atoms with E-state index in [4.69, 9.17) is 10.5 Å². The third-order valence-electron chi connectivity index (χ3n) is 3.59. The Morgan fingerprint density at radius 1 is 1.44 bits per heavy atom. The van der Waals surface area contributed by atoms with Crippen LogP contribution in [0.15, 0.2) is 18.5 Å². The van der Waals surface area contributed by atoms with E-state index < -0.39 is 0 Å². The highest BCUT2D eigenvalue weighted by atomic mass is 16.5. The lowest BCUT2D eigenvalue weighted by Gasteiger charge is -2.18. The molecule has 0 spiro atoms. The van der Waals surface area contributed by atoms with Gasteiger partial charge in [0.25, 0.3) is 0 Å². The van der Waals surface area contributed by atoms with Gasteiger partial charge in [0.05, 0.1) is 12.8 Å². The van der Waals surface area contributed by atoms with E-state index in [-0.39, 0.29) is 0 Å². The van der Waals surface area contributed by atoms with Gasteiger partial charge in [0, 0.05) is 12.2 Å². The molecule has 0 radical (unpaired) electrons. The zero-order chi connectivity index (χ0) is 11.5. The van der Waals surface area contributed by atoms with Crippen LogP contribution in [0.25, 0.3) is 0 Å². The van der Waals surface area contributed by atoms with E-state index in [0.29, 0.717) is 24.5 Å². The molecule has 0 saturated heterocycles.